The van der Waals surface area contributed by atoms with Crippen LogP contribution in [0.2, 0.25) is 5.02 Å². The van der Waals surface area contributed by atoms with Gasteiger partial charge in [0, 0.05) is 23.3 Å². The first-order valence-electron chi connectivity index (χ1n) is 12.0. The van der Waals surface area contributed by atoms with Crippen LogP contribution in [0, 0.1) is 13.8 Å². The Morgan fingerprint density at radius 2 is 1.86 bits per heavy atom. The molecule has 7 nitrogen and oxygen atoms in total. The van der Waals surface area contributed by atoms with Gasteiger partial charge in [0.15, 0.2) is 0 Å². The smallest absolute Gasteiger partial charge is 0.313 e. The highest BCUT2D eigenvalue weighted by atomic mass is 35.5. The second-order valence-electron chi connectivity index (χ2n) is 9.87. The zero-order valence-corrected chi connectivity index (χ0v) is 22.3. The molecule has 0 bridgehead atoms. The molecule has 2 N–H and O–H groups in total. The molecular weight excluding hydrogens is 492 g/mol. The normalized spacial score (nSPS) is 15.0. The van der Waals surface area contributed by atoms with Gasteiger partial charge in [-0.2, -0.15) is 0 Å². The summed E-state index contributed by atoms with van der Waals surface area (Å²) in [6.45, 7) is 8.04. The number of carbonyl (C=O) groups excluding carboxylic acids is 1. The molecule has 194 valence electrons. The van der Waals surface area contributed by atoms with Crippen molar-refractivity contribution in [2.24, 2.45) is 0 Å². The van der Waals surface area contributed by atoms with Crippen LogP contribution in [-0.2, 0) is 10.2 Å². The van der Waals surface area contributed by atoms with Gasteiger partial charge >= 0.3 is 5.97 Å². The molecule has 0 aromatic heterocycles. The third kappa shape index (κ3) is 5.52. The second-order valence-corrected chi connectivity index (χ2v) is 10.3. The van der Waals surface area contributed by atoms with E-state index in [1.54, 1.807) is 44.2 Å². The fraction of sp³-hybridized carbons (Fsp3) is 0.310. The predicted molar refractivity (Wildman–Crippen MR) is 146 cm³/mol. The van der Waals surface area contributed by atoms with E-state index in [4.69, 9.17) is 21.1 Å². The van der Waals surface area contributed by atoms with Crippen LogP contribution >= 0.6 is 11.6 Å². The summed E-state index contributed by atoms with van der Waals surface area (Å²) in [5.74, 6) is 0.221. The lowest BCUT2D eigenvalue weighted by Gasteiger charge is -2.33. The molecule has 1 atom stereocenters. The molecular formula is C29H31ClN2O5. The minimum absolute atomic E-state index is 0.130. The Labute approximate surface area is 222 Å². The van der Waals surface area contributed by atoms with Gasteiger partial charge in [-0.05, 0) is 86.8 Å². The number of anilines is 2. The summed E-state index contributed by atoms with van der Waals surface area (Å²) in [5.41, 5.74) is 2.96. The standard InChI is InChI=1S/C29H31ClN2O5/c1-17-18(2)25(36-16-22-15-32(5)24-8-6-7-9-26(24)37-22)11-10-23(17)27(33)31-21-13-19(12-20(30)14-21)29(3,4)28(34)35/h6-14,22H,15-16H2,1-5H3,(H,31,33)(H,34,35)/t22-/m0/s1. The van der Waals surface area contributed by atoms with Gasteiger partial charge in [-0.15, -0.1) is 0 Å². The first-order valence-corrected chi connectivity index (χ1v) is 12.4. The van der Waals surface area contributed by atoms with E-state index in [1.807, 2.05) is 45.2 Å². The molecule has 0 fully saturated rings. The summed E-state index contributed by atoms with van der Waals surface area (Å²) in [6, 6.07) is 16.3. The molecule has 1 aliphatic rings. The number of amides is 1. The van der Waals surface area contributed by atoms with E-state index >= 15 is 0 Å². The van der Waals surface area contributed by atoms with Gasteiger partial charge < -0.3 is 24.8 Å². The van der Waals surface area contributed by atoms with E-state index in [-0.39, 0.29) is 12.0 Å². The number of carboxylic acids is 1. The number of hydrogen-bond acceptors (Lipinski definition) is 5. The monoisotopic (exact) mass is 522 g/mol. The summed E-state index contributed by atoms with van der Waals surface area (Å²) in [5, 5.41) is 12.8. The highest BCUT2D eigenvalue weighted by Crippen LogP contribution is 2.33. The van der Waals surface area contributed by atoms with Crippen molar-refractivity contribution in [3.05, 3.63) is 81.9 Å². The van der Waals surface area contributed by atoms with Crippen molar-refractivity contribution in [1.82, 2.24) is 0 Å². The number of aliphatic carboxylic acids is 1. The number of nitrogens with zero attached hydrogens (tertiary/aromatic N) is 1. The van der Waals surface area contributed by atoms with Gasteiger partial charge in [0.25, 0.3) is 5.91 Å². The topological polar surface area (TPSA) is 88.1 Å². The third-order valence-corrected chi connectivity index (χ3v) is 7.08. The maximum absolute atomic E-state index is 13.1. The quantitative estimate of drug-likeness (QED) is 0.405. The SMILES string of the molecule is Cc1c(OC[C@@H]2CN(C)c3ccccc3O2)ccc(C(=O)Nc2cc(Cl)cc(C(C)(C)C(=O)O)c2)c1C. The fourth-order valence-corrected chi connectivity index (χ4v) is 4.54. The fourth-order valence-electron chi connectivity index (χ4n) is 4.30. The van der Waals surface area contributed by atoms with E-state index in [2.05, 4.69) is 10.2 Å². The van der Waals surface area contributed by atoms with Gasteiger partial charge in [-0.3, -0.25) is 9.59 Å². The number of ether oxygens (including phenoxy) is 2. The van der Waals surface area contributed by atoms with E-state index in [0.29, 0.717) is 40.7 Å². The number of rotatable bonds is 7. The lowest BCUT2D eigenvalue weighted by Crippen LogP contribution is -2.41. The van der Waals surface area contributed by atoms with Crippen molar-refractivity contribution >= 4 is 34.9 Å². The largest absolute Gasteiger partial charge is 0.489 e. The maximum Gasteiger partial charge on any atom is 0.313 e. The van der Waals surface area contributed by atoms with Crippen LogP contribution in [0.5, 0.6) is 11.5 Å². The number of carboxylic acid groups (broad SMARTS) is 1. The van der Waals surface area contributed by atoms with Gasteiger partial charge in [-0.25, -0.2) is 0 Å². The van der Waals surface area contributed by atoms with Crippen molar-refractivity contribution in [2.75, 3.05) is 30.4 Å². The van der Waals surface area contributed by atoms with Crippen LogP contribution in [-0.4, -0.2) is 43.3 Å². The van der Waals surface area contributed by atoms with Gasteiger partial charge in [-0.1, -0.05) is 23.7 Å². The molecule has 3 aromatic rings. The Kier molecular flexibility index (Phi) is 7.37. The molecule has 0 aliphatic carbocycles. The van der Waals surface area contributed by atoms with Crippen molar-refractivity contribution in [1.29, 1.82) is 0 Å². The number of benzene rings is 3. The van der Waals surface area contributed by atoms with Crippen molar-refractivity contribution in [3.8, 4) is 11.5 Å². The maximum atomic E-state index is 13.1. The van der Waals surface area contributed by atoms with Gasteiger partial charge in [0.1, 0.15) is 24.2 Å². The number of hydrogen-bond donors (Lipinski definition) is 2. The zero-order chi connectivity index (χ0) is 26.9. The van der Waals surface area contributed by atoms with Crippen LogP contribution < -0.4 is 19.7 Å². The Balaban J connectivity index is 1.47. The Bertz CT molecular complexity index is 1350. The number of halogens is 1. The summed E-state index contributed by atoms with van der Waals surface area (Å²) in [4.78, 5) is 27.0. The molecule has 1 amide bonds. The Hall–Kier alpha value is -3.71. The average Bonchev–Trinajstić information content (AvgIpc) is 2.84. The molecule has 4 rings (SSSR count). The lowest BCUT2D eigenvalue weighted by molar-refractivity contribution is -0.142. The summed E-state index contributed by atoms with van der Waals surface area (Å²) in [7, 11) is 2.03. The number of fused-ring (bicyclic) bond motifs is 1. The van der Waals surface area contributed by atoms with Crippen LogP contribution in [0.4, 0.5) is 11.4 Å². The molecule has 1 aliphatic heterocycles. The molecule has 3 aromatic carbocycles. The van der Waals surface area contributed by atoms with Crippen molar-refractivity contribution < 1.29 is 24.2 Å². The zero-order valence-electron chi connectivity index (χ0n) is 21.6. The summed E-state index contributed by atoms with van der Waals surface area (Å²) < 4.78 is 12.2. The van der Waals surface area contributed by atoms with E-state index in [9.17, 15) is 14.7 Å². The first kappa shape index (κ1) is 26.4. The first-order chi connectivity index (χ1) is 17.5. The van der Waals surface area contributed by atoms with E-state index < -0.39 is 11.4 Å². The Morgan fingerprint density at radius 1 is 1.14 bits per heavy atom. The number of carbonyl (C=O) groups is 2. The number of likely N-dealkylation sites (N-methyl/N-ethyl adjacent to an activating group) is 1. The van der Waals surface area contributed by atoms with Crippen LogP contribution in [0.15, 0.2) is 54.6 Å². The molecule has 0 radical (unpaired) electrons. The molecule has 0 saturated carbocycles. The summed E-state index contributed by atoms with van der Waals surface area (Å²) >= 11 is 6.23. The molecule has 0 unspecified atom stereocenters. The minimum Gasteiger partial charge on any atom is -0.489 e. The second kappa shape index (κ2) is 10.3. The number of para-hydroxylation sites is 2. The lowest BCUT2D eigenvalue weighted by atomic mass is 9.84. The molecule has 0 spiro atoms. The van der Waals surface area contributed by atoms with Crippen LogP contribution in [0.1, 0.15) is 40.9 Å². The van der Waals surface area contributed by atoms with E-state index in [0.717, 1.165) is 22.6 Å². The molecule has 1 heterocycles. The van der Waals surface area contributed by atoms with Crippen LogP contribution in [0.3, 0.4) is 0 Å². The van der Waals surface area contributed by atoms with Gasteiger partial charge in [0.05, 0.1) is 17.6 Å². The third-order valence-electron chi connectivity index (χ3n) is 6.87. The van der Waals surface area contributed by atoms with Crippen molar-refractivity contribution in [3.63, 3.8) is 0 Å². The molecule has 0 saturated heterocycles. The summed E-state index contributed by atoms with van der Waals surface area (Å²) in [6.07, 6.45) is -0.130. The minimum atomic E-state index is -1.16. The van der Waals surface area contributed by atoms with Crippen molar-refractivity contribution in [2.45, 2.75) is 39.2 Å². The number of nitrogens with one attached hydrogen (secondary N) is 1. The van der Waals surface area contributed by atoms with Crippen LogP contribution in [0.25, 0.3) is 0 Å². The predicted octanol–water partition coefficient (Wildman–Crippen LogP) is 5.85. The van der Waals surface area contributed by atoms with E-state index in [1.165, 1.54) is 0 Å². The highest BCUT2D eigenvalue weighted by molar-refractivity contribution is 6.31. The highest BCUT2D eigenvalue weighted by Gasteiger charge is 2.30. The van der Waals surface area contributed by atoms with Gasteiger partial charge in [0.2, 0.25) is 0 Å². The average molecular weight is 523 g/mol. The molecule has 37 heavy (non-hydrogen) atoms. The Morgan fingerprint density at radius 3 is 2.59 bits per heavy atom. The molecule has 8 heteroatoms.